The Hall–Kier alpha value is -1.20. The fourth-order valence-corrected chi connectivity index (χ4v) is 2.80. The average Bonchev–Trinajstić information content (AvgIpc) is 2.90. The molecule has 2 aromatic heterocycles. The van der Waals surface area contributed by atoms with E-state index in [9.17, 15) is 0 Å². The predicted octanol–water partition coefficient (Wildman–Crippen LogP) is 2.36. The second kappa shape index (κ2) is 5.42. The second-order valence-corrected chi connectivity index (χ2v) is 5.48. The maximum Gasteiger partial charge on any atom is 0.0964 e. The van der Waals surface area contributed by atoms with Crippen LogP contribution >= 0.6 is 11.3 Å². The molecule has 92 valence electrons. The third kappa shape index (κ3) is 3.14. The highest BCUT2D eigenvalue weighted by molar-refractivity contribution is 7.10. The van der Waals surface area contributed by atoms with E-state index in [1.807, 2.05) is 13.2 Å². The Morgan fingerprint density at radius 1 is 1.47 bits per heavy atom. The van der Waals surface area contributed by atoms with Crippen LogP contribution in [0.1, 0.15) is 30.5 Å². The summed E-state index contributed by atoms with van der Waals surface area (Å²) in [4.78, 5) is 1.38. The van der Waals surface area contributed by atoms with E-state index in [2.05, 4.69) is 47.0 Å². The van der Waals surface area contributed by atoms with Crippen LogP contribution in [-0.4, -0.2) is 15.0 Å². The highest BCUT2D eigenvalue weighted by atomic mass is 32.1. The number of aryl methyl sites for hydroxylation is 1. The molecular weight excluding hydrogens is 232 g/mol. The molecule has 1 N–H and O–H groups in total. The number of nitrogens with one attached hydrogen (secondary N) is 1. The van der Waals surface area contributed by atoms with E-state index in [4.69, 9.17) is 0 Å². The lowest BCUT2D eigenvalue weighted by Crippen LogP contribution is -2.24. The molecule has 0 aliphatic rings. The van der Waals surface area contributed by atoms with E-state index in [1.165, 1.54) is 4.88 Å². The summed E-state index contributed by atoms with van der Waals surface area (Å²) in [5.74, 6) is 0.560. The van der Waals surface area contributed by atoms with Gasteiger partial charge < -0.3 is 5.32 Å². The first-order valence-electron chi connectivity index (χ1n) is 5.79. The quantitative estimate of drug-likeness (QED) is 0.886. The fraction of sp³-hybridized carbons (Fsp3) is 0.500. The van der Waals surface area contributed by atoms with Gasteiger partial charge in [0, 0.05) is 30.7 Å². The van der Waals surface area contributed by atoms with Gasteiger partial charge in [0.15, 0.2) is 0 Å². The number of aromatic nitrogens is 3. The van der Waals surface area contributed by atoms with Gasteiger partial charge in [-0.25, -0.2) is 0 Å². The van der Waals surface area contributed by atoms with Gasteiger partial charge in [-0.15, -0.1) is 16.4 Å². The zero-order chi connectivity index (χ0) is 12.3. The number of rotatable bonds is 5. The number of thiophene rings is 1. The maximum absolute atomic E-state index is 4.08. The van der Waals surface area contributed by atoms with Crippen molar-refractivity contribution in [3.8, 4) is 0 Å². The Morgan fingerprint density at radius 2 is 2.29 bits per heavy atom. The summed E-state index contributed by atoms with van der Waals surface area (Å²) in [7, 11) is 1.88. The summed E-state index contributed by atoms with van der Waals surface area (Å²) >= 11 is 1.80. The highest BCUT2D eigenvalue weighted by Gasteiger charge is 2.16. The molecule has 0 spiro atoms. The molecule has 1 atom stereocenters. The molecule has 0 amide bonds. The normalized spacial score (nSPS) is 13.2. The molecule has 2 rings (SSSR count). The van der Waals surface area contributed by atoms with Gasteiger partial charge >= 0.3 is 0 Å². The molecule has 17 heavy (non-hydrogen) atoms. The summed E-state index contributed by atoms with van der Waals surface area (Å²) in [6.45, 7) is 5.22. The minimum absolute atomic E-state index is 0.386. The molecule has 5 heteroatoms. The third-order valence-electron chi connectivity index (χ3n) is 2.67. The molecule has 4 nitrogen and oxygen atoms in total. The average molecular weight is 250 g/mol. The van der Waals surface area contributed by atoms with Gasteiger partial charge in [-0.2, -0.15) is 0 Å². The standard InChI is InChI=1S/C12H18N4S/c1-9(2)12(11-5-4-6-17-11)13-7-10-8-16(3)15-14-10/h4-6,8-9,12-13H,7H2,1-3H3. The van der Waals surface area contributed by atoms with E-state index in [0.29, 0.717) is 12.0 Å². The Balaban J connectivity index is 1.99. The first kappa shape index (κ1) is 12.3. The topological polar surface area (TPSA) is 42.7 Å². The minimum atomic E-state index is 0.386. The number of nitrogens with zero attached hydrogens (tertiary/aromatic N) is 3. The molecule has 1 unspecified atom stereocenters. The molecule has 0 saturated heterocycles. The van der Waals surface area contributed by atoms with Crippen LogP contribution in [0.5, 0.6) is 0 Å². The van der Waals surface area contributed by atoms with Crippen LogP contribution in [0.25, 0.3) is 0 Å². The Kier molecular flexibility index (Phi) is 3.91. The van der Waals surface area contributed by atoms with Crippen LogP contribution in [-0.2, 0) is 13.6 Å². The van der Waals surface area contributed by atoms with E-state index < -0.39 is 0 Å². The molecule has 0 radical (unpaired) electrons. The zero-order valence-electron chi connectivity index (χ0n) is 10.4. The first-order valence-corrected chi connectivity index (χ1v) is 6.67. The van der Waals surface area contributed by atoms with Crippen molar-refractivity contribution in [1.82, 2.24) is 20.3 Å². The molecule has 0 fully saturated rings. The van der Waals surface area contributed by atoms with Crippen LogP contribution in [0.15, 0.2) is 23.7 Å². The van der Waals surface area contributed by atoms with Gasteiger partial charge in [-0.05, 0) is 17.4 Å². The zero-order valence-corrected chi connectivity index (χ0v) is 11.2. The van der Waals surface area contributed by atoms with E-state index in [1.54, 1.807) is 16.0 Å². The summed E-state index contributed by atoms with van der Waals surface area (Å²) < 4.78 is 1.73. The molecule has 0 aliphatic carbocycles. The highest BCUT2D eigenvalue weighted by Crippen LogP contribution is 2.25. The Bertz CT molecular complexity index is 447. The summed E-state index contributed by atoms with van der Waals surface area (Å²) in [5, 5.41) is 13.7. The van der Waals surface area contributed by atoms with Crippen LogP contribution in [0.3, 0.4) is 0 Å². The molecule has 0 saturated carbocycles. The van der Waals surface area contributed by atoms with Crippen LogP contribution in [0.4, 0.5) is 0 Å². The molecule has 2 heterocycles. The summed E-state index contributed by atoms with van der Waals surface area (Å²) in [6.07, 6.45) is 1.94. The second-order valence-electron chi connectivity index (χ2n) is 4.50. The summed E-state index contributed by atoms with van der Waals surface area (Å²) in [6, 6.07) is 4.66. The molecule has 2 aromatic rings. The van der Waals surface area contributed by atoms with Crippen molar-refractivity contribution in [2.75, 3.05) is 0 Å². The third-order valence-corrected chi connectivity index (χ3v) is 3.62. The predicted molar refractivity (Wildman–Crippen MR) is 69.7 cm³/mol. The van der Waals surface area contributed by atoms with Gasteiger partial charge in [0.2, 0.25) is 0 Å². The van der Waals surface area contributed by atoms with Crippen molar-refractivity contribution in [3.63, 3.8) is 0 Å². The van der Waals surface area contributed by atoms with Crippen LogP contribution in [0.2, 0.25) is 0 Å². The smallest absolute Gasteiger partial charge is 0.0964 e. The van der Waals surface area contributed by atoms with Crippen molar-refractivity contribution in [3.05, 3.63) is 34.3 Å². The maximum atomic E-state index is 4.08. The van der Waals surface area contributed by atoms with Gasteiger partial charge in [0.05, 0.1) is 5.69 Å². The lowest BCUT2D eigenvalue weighted by molar-refractivity contribution is 0.414. The van der Waals surface area contributed by atoms with Crippen molar-refractivity contribution in [2.45, 2.75) is 26.4 Å². The lowest BCUT2D eigenvalue weighted by Gasteiger charge is -2.20. The van der Waals surface area contributed by atoms with Crippen LogP contribution < -0.4 is 5.32 Å². The molecule has 0 bridgehead atoms. The van der Waals surface area contributed by atoms with Crippen molar-refractivity contribution in [2.24, 2.45) is 13.0 Å². The largest absolute Gasteiger partial charge is 0.303 e. The van der Waals surface area contributed by atoms with E-state index in [0.717, 1.165) is 12.2 Å². The van der Waals surface area contributed by atoms with E-state index in [-0.39, 0.29) is 0 Å². The van der Waals surface area contributed by atoms with Gasteiger partial charge in [0.1, 0.15) is 0 Å². The van der Waals surface area contributed by atoms with Crippen molar-refractivity contribution in [1.29, 1.82) is 0 Å². The Morgan fingerprint density at radius 3 is 2.82 bits per heavy atom. The van der Waals surface area contributed by atoms with Gasteiger partial charge in [-0.1, -0.05) is 25.1 Å². The Labute approximate surface area is 106 Å². The van der Waals surface area contributed by atoms with Crippen LogP contribution in [0, 0.1) is 5.92 Å². The van der Waals surface area contributed by atoms with Gasteiger partial charge in [-0.3, -0.25) is 4.68 Å². The SMILES string of the molecule is CC(C)C(NCc1cn(C)nn1)c1cccs1. The number of hydrogen-bond donors (Lipinski definition) is 1. The monoisotopic (exact) mass is 250 g/mol. The fourth-order valence-electron chi connectivity index (χ4n) is 1.82. The van der Waals surface area contributed by atoms with Crippen molar-refractivity contribution < 1.29 is 0 Å². The van der Waals surface area contributed by atoms with E-state index >= 15 is 0 Å². The minimum Gasteiger partial charge on any atom is -0.303 e. The van der Waals surface area contributed by atoms with Gasteiger partial charge in [0.25, 0.3) is 0 Å². The lowest BCUT2D eigenvalue weighted by atomic mass is 10.0. The first-order chi connectivity index (χ1) is 8.16. The molecule has 0 aromatic carbocycles. The van der Waals surface area contributed by atoms with Crippen molar-refractivity contribution >= 4 is 11.3 Å². The number of hydrogen-bond acceptors (Lipinski definition) is 4. The molecular formula is C12H18N4S. The summed E-state index contributed by atoms with van der Waals surface area (Å²) in [5.41, 5.74) is 0.981. The molecule has 0 aliphatic heterocycles.